The standard InChI is InChI=1S/C9H8ClNS2.ClH/c10-8-2-1-7(13-8)9(11)6-3-4-12-5-6;/h1-5,9H,11H2;1H/t9-;/m1./s1. The van der Waals surface area contributed by atoms with Gasteiger partial charge in [-0.05, 0) is 34.5 Å². The lowest BCUT2D eigenvalue weighted by molar-refractivity contribution is 0.899. The van der Waals surface area contributed by atoms with Crippen LogP contribution in [0.3, 0.4) is 0 Å². The minimum absolute atomic E-state index is 0. The predicted octanol–water partition coefficient (Wildman–Crippen LogP) is 3.93. The maximum Gasteiger partial charge on any atom is 0.0931 e. The number of hydrogen-bond donors (Lipinski definition) is 1. The third-order valence-corrected chi connectivity index (χ3v) is 3.82. The number of thiophene rings is 2. The molecule has 2 aromatic heterocycles. The van der Waals surface area contributed by atoms with Crippen LogP contribution in [-0.4, -0.2) is 0 Å². The van der Waals surface area contributed by atoms with Gasteiger partial charge in [0.1, 0.15) is 0 Å². The molecule has 0 radical (unpaired) electrons. The van der Waals surface area contributed by atoms with E-state index in [4.69, 9.17) is 17.3 Å². The summed E-state index contributed by atoms with van der Waals surface area (Å²) in [6.07, 6.45) is 0. The first-order valence-corrected chi connectivity index (χ1v) is 5.94. The summed E-state index contributed by atoms with van der Waals surface area (Å²) in [5.74, 6) is 0. The molecule has 0 unspecified atom stereocenters. The van der Waals surface area contributed by atoms with Gasteiger partial charge in [-0.1, -0.05) is 11.6 Å². The summed E-state index contributed by atoms with van der Waals surface area (Å²) >= 11 is 9.03. The molecule has 0 amide bonds. The Morgan fingerprint density at radius 2 is 2.07 bits per heavy atom. The van der Waals surface area contributed by atoms with Gasteiger partial charge in [0.2, 0.25) is 0 Å². The largest absolute Gasteiger partial charge is 0.320 e. The van der Waals surface area contributed by atoms with E-state index in [0.717, 1.165) is 14.8 Å². The van der Waals surface area contributed by atoms with Crippen molar-refractivity contribution in [3.63, 3.8) is 0 Å². The molecular weight excluding hydrogens is 257 g/mol. The molecule has 2 N–H and O–H groups in total. The van der Waals surface area contributed by atoms with E-state index in [1.54, 1.807) is 11.3 Å². The zero-order valence-electron chi connectivity index (χ0n) is 7.14. The molecule has 0 saturated carbocycles. The molecule has 76 valence electrons. The lowest BCUT2D eigenvalue weighted by atomic mass is 10.1. The van der Waals surface area contributed by atoms with Crippen LogP contribution >= 0.6 is 46.7 Å². The van der Waals surface area contributed by atoms with Crippen LogP contribution in [0.5, 0.6) is 0 Å². The molecule has 0 saturated heterocycles. The van der Waals surface area contributed by atoms with Crippen LogP contribution in [0.15, 0.2) is 29.0 Å². The van der Waals surface area contributed by atoms with Crippen molar-refractivity contribution in [3.8, 4) is 0 Å². The molecule has 0 fully saturated rings. The molecule has 0 bridgehead atoms. The Balaban J connectivity index is 0.000000980. The van der Waals surface area contributed by atoms with Gasteiger partial charge < -0.3 is 5.73 Å². The Kier molecular flexibility index (Phi) is 4.41. The SMILES string of the molecule is Cl.N[C@H](c1ccsc1)c1ccc(Cl)s1. The summed E-state index contributed by atoms with van der Waals surface area (Å²) in [4.78, 5) is 1.11. The van der Waals surface area contributed by atoms with Crippen LogP contribution in [0.4, 0.5) is 0 Å². The van der Waals surface area contributed by atoms with Gasteiger partial charge in [0.05, 0.1) is 10.4 Å². The highest BCUT2D eigenvalue weighted by atomic mass is 35.5. The van der Waals surface area contributed by atoms with Gasteiger partial charge >= 0.3 is 0 Å². The monoisotopic (exact) mass is 265 g/mol. The Hall–Kier alpha value is -0.0600. The van der Waals surface area contributed by atoms with Crippen molar-refractivity contribution in [2.45, 2.75) is 6.04 Å². The zero-order valence-corrected chi connectivity index (χ0v) is 10.3. The van der Waals surface area contributed by atoms with E-state index in [-0.39, 0.29) is 18.4 Å². The smallest absolute Gasteiger partial charge is 0.0931 e. The summed E-state index contributed by atoms with van der Waals surface area (Å²) in [6.45, 7) is 0. The van der Waals surface area contributed by atoms with Crippen molar-refractivity contribution in [2.24, 2.45) is 5.73 Å². The molecular formula is C9H9Cl2NS2. The van der Waals surface area contributed by atoms with Crippen molar-refractivity contribution < 1.29 is 0 Å². The quantitative estimate of drug-likeness (QED) is 0.875. The van der Waals surface area contributed by atoms with Gasteiger partial charge in [0, 0.05) is 4.88 Å². The molecule has 0 aliphatic carbocycles. The summed E-state index contributed by atoms with van der Waals surface area (Å²) in [6, 6.07) is 5.88. The highest BCUT2D eigenvalue weighted by Gasteiger charge is 2.10. The highest BCUT2D eigenvalue weighted by Crippen LogP contribution is 2.30. The molecule has 5 heteroatoms. The van der Waals surface area contributed by atoms with Gasteiger partial charge in [-0.3, -0.25) is 0 Å². The molecule has 0 aromatic carbocycles. The first-order chi connectivity index (χ1) is 6.27. The highest BCUT2D eigenvalue weighted by molar-refractivity contribution is 7.16. The molecule has 2 rings (SSSR count). The first-order valence-electron chi connectivity index (χ1n) is 3.80. The maximum atomic E-state index is 6.03. The number of hydrogen-bond acceptors (Lipinski definition) is 3. The third-order valence-electron chi connectivity index (χ3n) is 1.80. The van der Waals surface area contributed by atoms with E-state index >= 15 is 0 Å². The third kappa shape index (κ3) is 2.49. The molecule has 2 heterocycles. The minimum atomic E-state index is -0.0243. The van der Waals surface area contributed by atoms with Gasteiger partial charge in [-0.25, -0.2) is 0 Å². The fourth-order valence-electron chi connectivity index (χ4n) is 1.11. The Morgan fingerprint density at radius 1 is 1.29 bits per heavy atom. The number of nitrogens with two attached hydrogens (primary N) is 1. The maximum absolute atomic E-state index is 6.03. The van der Waals surface area contributed by atoms with Gasteiger partial charge in [-0.15, -0.1) is 23.7 Å². The second-order valence-corrected chi connectivity index (χ2v) is 5.20. The van der Waals surface area contributed by atoms with Gasteiger partial charge in [0.25, 0.3) is 0 Å². The van der Waals surface area contributed by atoms with Gasteiger partial charge in [-0.2, -0.15) is 11.3 Å². The first kappa shape index (κ1) is 12.0. The summed E-state index contributed by atoms with van der Waals surface area (Å²) in [7, 11) is 0. The Labute approximate surface area is 102 Å². The topological polar surface area (TPSA) is 26.0 Å². The normalized spacial score (nSPS) is 12.1. The molecule has 0 aliphatic rings. The van der Waals surface area contributed by atoms with Crippen LogP contribution in [0, 0.1) is 0 Å². The van der Waals surface area contributed by atoms with E-state index in [9.17, 15) is 0 Å². The fourth-order valence-corrected chi connectivity index (χ4v) is 2.90. The lowest BCUT2D eigenvalue weighted by Gasteiger charge is -2.05. The van der Waals surface area contributed by atoms with Crippen LogP contribution in [0.1, 0.15) is 16.5 Å². The van der Waals surface area contributed by atoms with Gasteiger partial charge in [0.15, 0.2) is 0 Å². The molecule has 0 spiro atoms. The van der Waals surface area contributed by atoms with Crippen LogP contribution in [0.2, 0.25) is 4.34 Å². The Morgan fingerprint density at radius 3 is 2.57 bits per heavy atom. The van der Waals surface area contributed by atoms with E-state index in [0.29, 0.717) is 0 Å². The fraction of sp³-hybridized carbons (Fsp3) is 0.111. The van der Waals surface area contributed by atoms with E-state index in [2.05, 4.69) is 5.38 Å². The minimum Gasteiger partial charge on any atom is -0.320 e. The van der Waals surface area contributed by atoms with Crippen molar-refractivity contribution in [3.05, 3.63) is 43.7 Å². The molecule has 1 nitrogen and oxygen atoms in total. The Bertz CT molecular complexity index is 383. The van der Waals surface area contributed by atoms with Crippen molar-refractivity contribution >= 4 is 46.7 Å². The average molecular weight is 266 g/mol. The number of rotatable bonds is 2. The summed E-state index contributed by atoms with van der Waals surface area (Å²) in [5, 5.41) is 4.10. The predicted molar refractivity (Wildman–Crippen MR) is 66.9 cm³/mol. The van der Waals surface area contributed by atoms with Crippen molar-refractivity contribution in [2.75, 3.05) is 0 Å². The second kappa shape index (κ2) is 5.14. The van der Waals surface area contributed by atoms with Crippen molar-refractivity contribution in [1.82, 2.24) is 0 Å². The summed E-state index contributed by atoms with van der Waals surface area (Å²) < 4.78 is 0.792. The number of halogens is 2. The van der Waals surface area contributed by atoms with Crippen LogP contribution in [0.25, 0.3) is 0 Å². The average Bonchev–Trinajstić information content (AvgIpc) is 2.72. The second-order valence-electron chi connectivity index (χ2n) is 2.68. The van der Waals surface area contributed by atoms with Crippen LogP contribution in [-0.2, 0) is 0 Å². The molecule has 0 aliphatic heterocycles. The van der Waals surface area contributed by atoms with E-state index in [1.807, 2.05) is 23.6 Å². The molecule has 2 aromatic rings. The zero-order chi connectivity index (χ0) is 9.26. The molecule has 14 heavy (non-hydrogen) atoms. The molecule has 1 atom stereocenters. The van der Waals surface area contributed by atoms with E-state index in [1.165, 1.54) is 11.3 Å². The van der Waals surface area contributed by atoms with Crippen molar-refractivity contribution in [1.29, 1.82) is 0 Å². The van der Waals surface area contributed by atoms with E-state index < -0.39 is 0 Å². The van der Waals surface area contributed by atoms with Crippen LogP contribution < -0.4 is 5.73 Å². The lowest BCUT2D eigenvalue weighted by Crippen LogP contribution is -2.08. The summed E-state index contributed by atoms with van der Waals surface area (Å²) in [5.41, 5.74) is 7.19.